The van der Waals surface area contributed by atoms with Crippen LogP contribution in [-0.2, 0) is 22.4 Å². The van der Waals surface area contributed by atoms with Crippen LogP contribution < -0.4 is 21.3 Å². The lowest BCUT2D eigenvalue weighted by Crippen LogP contribution is -2.39. The van der Waals surface area contributed by atoms with Gasteiger partial charge in [-0.05, 0) is 99.5 Å². The number of nitrogens with one attached hydrogen (secondary N) is 2. The Hall–Kier alpha value is -4.84. The quantitative estimate of drug-likeness (QED) is 0.225. The summed E-state index contributed by atoms with van der Waals surface area (Å²) in [6.45, 7) is 3.85. The van der Waals surface area contributed by atoms with Crippen molar-refractivity contribution >= 4 is 46.0 Å². The van der Waals surface area contributed by atoms with Gasteiger partial charge in [-0.3, -0.25) is 24.6 Å². The van der Waals surface area contributed by atoms with Crippen molar-refractivity contribution in [1.82, 2.24) is 25.3 Å². The van der Waals surface area contributed by atoms with Crippen LogP contribution >= 0.6 is 0 Å². The van der Waals surface area contributed by atoms with Crippen LogP contribution in [0.2, 0.25) is 0 Å². The highest BCUT2D eigenvalue weighted by Crippen LogP contribution is 2.38. The van der Waals surface area contributed by atoms with Gasteiger partial charge in [-0.25, -0.2) is 9.97 Å². The number of piperidine rings is 2. The van der Waals surface area contributed by atoms with Crippen molar-refractivity contribution in [2.45, 2.75) is 88.5 Å². The van der Waals surface area contributed by atoms with Gasteiger partial charge in [-0.1, -0.05) is 23.4 Å². The molecule has 4 aromatic rings. The molecule has 3 amide bonds. The summed E-state index contributed by atoms with van der Waals surface area (Å²) >= 11 is 0. The van der Waals surface area contributed by atoms with Crippen molar-refractivity contribution in [3.8, 4) is 0 Å². The van der Waals surface area contributed by atoms with Gasteiger partial charge in [-0.15, -0.1) is 0 Å². The zero-order valence-electron chi connectivity index (χ0n) is 28.3. The Labute approximate surface area is 291 Å². The summed E-state index contributed by atoms with van der Waals surface area (Å²) in [7, 11) is 0. The Morgan fingerprint density at radius 3 is 2.44 bits per heavy atom. The van der Waals surface area contributed by atoms with Crippen molar-refractivity contribution in [1.29, 1.82) is 0 Å². The summed E-state index contributed by atoms with van der Waals surface area (Å²) in [4.78, 5) is 50.4. The van der Waals surface area contributed by atoms with Crippen LogP contribution in [-0.4, -0.2) is 70.0 Å². The second kappa shape index (κ2) is 13.8. The molecule has 12 nitrogen and oxygen atoms in total. The maximum absolute atomic E-state index is 12.5. The fourth-order valence-electron chi connectivity index (χ4n) is 8.50. The molecular weight excluding hydrogens is 632 g/mol. The maximum atomic E-state index is 12.5. The minimum atomic E-state index is -0.600. The Balaban J connectivity index is 0.887. The number of hydrogen-bond acceptors (Lipinski definition) is 10. The lowest BCUT2D eigenvalue weighted by atomic mass is 9.81. The smallest absolute Gasteiger partial charge is 0.271 e. The number of nitrogens with two attached hydrogens (primary N) is 1. The van der Waals surface area contributed by atoms with Gasteiger partial charge in [0.15, 0.2) is 17.1 Å². The summed E-state index contributed by atoms with van der Waals surface area (Å²) in [5.74, 6) is 0.0981. The van der Waals surface area contributed by atoms with Crippen LogP contribution in [0.1, 0.15) is 102 Å². The van der Waals surface area contributed by atoms with Crippen molar-refractivity contribution in [2.24, 2.45) is 5.73 Å². The number of imide groups is 1. The van der Waals surface area contributed by atoms with Gasteiger partial charge >= 0.3 is 0 Å². The Bertz CT molecular complexity index is 1910. The van der Waals surface area contributed by atoms with Gasteiger partial charge in [0.2, 0.25) is 11.8 Å². The predicted molar refractivity (Wildman–Crippen MR) is 189 cm³/mol. The molecule has 1 aliphatic carbocycles. The number of carbonyl (C=O) groups excluding carboxylic acids is 3. The molecule has 0 spiro atoms. The molecule has 0 bridgehead atoms. The second-order valence-electron chi connectivity index (χ2n) is 14.3. The number of anilines is 3. The van der Waals surface area contributed by atoms with Crippen LogP contribution in [0.25, 0.3) is 11.0 Å². The third kappa shape index (κ3) is 6.44. The van der Waals surface area contributed by atoms with Crippen LogP contribution in [0.15, 0.2) is 47.1 Å². The van der Waals surface area contributed by atoms with Gasteiger partial charge < -0.3 is 20.5 Å². The third-order valence-corrected chi connectivity index (χ3v) is 11.3. The van der Waals surface area contributed by atoms with Gasteiger partial charge in [0.25, 0.3) is 5.91 Å². The Morgan fingerprint density at radius 2 is 1.68 bits per heavy atom. The largest absolute Gasteiger partial charge is 0.364 e. The van der Waals surface area contributed by atoms with E-state index in [1.54, 1.807) is 6.20 Å². The van der Waals surface area contributed by atoms with Gasteiger partial charge in [0, 0.05) is 55.3 Å². The summed E-state index contributed by atoms with van der Waals surface area (Å²) in [5.41, 5.74) is 11.9. The first-order chi connectivity index (χ1) is 24.4. The van der Waals surface area contributed by atoms with Crippen LogP contribution in [0.4, 0.5) is 17.3 Å². The molecule has 2 aromatic carbocycles. The Morgan fingerprint density at radius 1 is 0.900 bits per heavy atom. The average Bonchev–Trinajstić information content (AvgIpc) is 3.44. The van der Waals surface area contributed by atoms with Crippen molar-refractivity contribution in [3.05, 3.63) is 70.7 Å². The molecule has 4 N–H and O–H groups in total. The van der Waals surface area contributed by atoms with Crippen LogP contribution in [0, 0.1) is 0 Å². The highest BCUT2D eigenvalue weighted by molar-refractivity contribution is 6.02. The van der Waals surface area contributed by atoms with Gasteiger partial charge in [-0.2, -0.15) is 0 Å². The lowest BCUT2D eigenvalue weighted by molar-refractivity contribution is -0.134. The standard InChI is InChI=1S/C38H44N8O4/c39-36(48)34-37(42-31(22-40-34)46-18-2-1-3-19-46)41-26-9-4-23(5-10-26)24-6-11-27(12-7-24)45-20-16-25-8-13-29-33(30-14-15-32(47)43-38(30)49)44-50-35(29)28(25)17-21-45/h4-5,8-10,13,22,24,27,30H,1-3,6-7,11-12,14-21H2,(H2,39,48)(H,41,42)(H,43,47,49). The highest BCUT2D eigenvalue weighted by Gasteiger charge is 2.34. The molecule has 1 unspecified atom stereocenters. The Kier molecular flexibility index (Phi) is 8.94. The molecule has 50 heavy (non-hydrogen) atoms. The van der Waals surface area contributed by atoms with E-state index in [2.05, 4.69) is 60.9 Å². The maximum Gasteiger partial charge on any atom is 0.271 e. The number of rotatable bonds is 7. The van der Waals surface area contributed by atoms with E-state index >= 15 is 0 Å². The van der Waals surface area contributed by atoms with E-state index in [-0.39, 0.29) is 17.5 Å². The molecule has 2 saturated heterocycles. The van der Waals surface area contributed by atoms with E-state index in [4.69, 9.17) is 15.2 Å². The monoisotopic (exact) mass is 676 g/mol. The minimum Gasteiger partial charge on any atom is -0.364 e. The summed E-state index contributed by atoms with van der Waals surface area (Å²) in [6, 6.07) is 13.3. The number of hydrogen-bond donors (Lipinski definition) is 3. The summed E-state index contributed by atoms with van der Waals surface area (Å²) in [6.07, 6.45) is 12.3. The number of carbonyl (C=O) groups is 3. The molecule has 1 saturated carbocycles. The van der Waals surface area contributed by atoms with E-state index in [9.17, 15) is 14.4 Å². The molecule has 1 atom stereocenters. The SMILES string of the molecule is NC(=O)c1ncc(N2CCCCC2)nc1Nc1ccc(C2CCC(N3CCc4ccc5c(C6CCC(=O)NC6=O)noc5c4CC3)CC2)cc1. The number of primary amides is 1. The van der Waals surface area contributed by atoms with E-state index < -0.39 is 11.8 Å². The van der Waals surface area contributed by atoms with Crippen LogP contribution in [0.5, 0.6) is 0 Å². The molecule has 5 heterocycles. The molecule has 4 aliphatic rings. The zero-order valence-corrected chi connectivity index (χ0v) is 28.3. The number of nitrogens with zero attached hydrogens (tertiary/aromatic N) is 5. The molecule has 0 radical (unpaired) electrons. The molecule has 3 aliphatic heterocycles. The summed E-state index contributed by atoms with van der Waals surface area (Å²) in [5, 5.41) is 11.0. The first kappa shape index (κ1) is 32.4. The topological polar surface area (TPSA) is 160 Å². The molecule has 3 fully saturated rings. The number of fused-ring (bicyclic) bond motifs is 3. The fourth-order valence-corrected chi connectivity index (χ4v) is 8.50. The van der Waals surface area contributed by atoms with E-state index in [1.807, 2.05) is 6.07 Å². The number of benzene rings is 2. The lowest BCUT2D eigenvalue weighted by Gasteiger charge is -2.36. The average molecular weight is 677 g/mol. The first-order valence-corrected chi connectivity index (χ1v) is 18.2. The predicted octanol–water partition coefficient (Wildman–Crippen LogP) is 5.10. The molecule has 12 heteroatoms. The normalized spacial score (nSPS) is 23.3. The zero-order chi connectivity index (χ0) is 34.2. The molecule has 2 aromatic heterocycles. The van der Waals surface area contributed by atoms with Gasteiger partial charge in [0.1, 0.15) is 11.5 Å². The second-order valence-corrected chi connectivity index (χ2v) is 14.3. The minimum absolute atomic E-state index is 0.145. The third-order valence-electron chi connectivity index (χ3n) is 11.3. The van der Waals surface area contributed by atoms with Crippen molar-refractivity contribution < 1.29 is 18.9 Å². The summed E-state index contributed by atoms with van der Waals surface area (Å²) < 4.78 is 5.90. The van der Waals surface area contributed by atoms with E-state index in [0.29, 0.717) is 36.3 Å². The number of amides is 3. The molecule has 8 rings (SSSR count). The van der Waals surface area contributed by atoms with Crippen molar-refractivity contribution in [2.75, 3.05) is 36.4 Å². The van der Waals surface area contributed by atoms with Gasteiger partial charge in [0.05, 0.1) is 12.1 Å². The first-order valence-electron chi connectivity index (χ1n) is 18.2. The highest BCUT2D eigenvalue weighted by atomic mass is 16.5. The molecule has 260 valence electrons. The molecular formula is C38H44N8O4. The van der Waals surface area contributed by atoms with E-state index in [0.717, 1.165) is 100 Å². The van der Waals surface area contributed by atoms with Crippen LogP contribution in [0.3, 0.4) is 0 Å². The van der Waals surface area contributed by atoms with Crippen molar-refractivity contribution in [3.63, 3.8) is 0 Å². The number of aromatic nitrogens is 3. The van der Waals surface area contributed by atoms with E-state index in [1.165, 1.54) is 23.1 Å². The fraction of sp³-hybridized carbons (Fsp3) is 0.474.